The number of aromatic nitrogens is 2. The number of likely N-dealkylation sites (tertiary alicyclic amines) is 1. The van der Waals surface area contributed by atoms with Crippen LogP contribution in [0.1, 0.15) is 23.3 Å². The number of piperidine rings is 1. The van der Waals surface area contributed by atoms with Crippen molar-refractivity contribution in [2.75, 3.05) is 26.7 Å². The van der Waals surface area contributed by atoms with Crippen molar-refractivity contribution in [2.24, 2.45) is 5.92 Å². The second-order valence-electron chi connectivity index (χ2n) is 6.06. The normalized spacial score (nSPS) is 18.0. The zero-order chi connectivity index (χ0) is 17.1. The summed E-state index contributed by atoms with van der Waals surface area (Å²) in [5.74, 6) is 0.486. The number of amides is 1. The smallest absolute Gasteiger partial charge is 0.274 e. The minimum Gasteiger partial charge on any atom is -0.337 e. The van der Waals surface area contributed by atoms with Crippen LogP contribution in [0.5, 0.6) is 0 Å². The average Bonchev–Trinajstić information content (AvgIpc) is 3.07. The summed E-state index contributed by atoms with van der Waals surface area (Å²) in [4.78, 5) is 14.6. The van der Waals surface area contributed by atoms with Gasteiger partial charge < -0.3 is 10.2 Å². The molecule has 5 nitrogen and oxygen atoms in total. The van der Waals surface area contributed by atoms with Crippen molar-refractivity contribution in [2.45, 2.75) is 12.8 Å². The second kappa shape index (κ2) is 7.55. The Bertz CT molecular complexity index is 729. The molecule has 128 valence electrons. The highest BCUT2D eigenvalue weighted by Crippen LogP contribution is 2.24. The molecule has 1 fully saturated rings. The van der Waals surface area contributed by atoms with Gasteiger partial charge in [0.15, 0.2) is 5.69 Å². The highest BCUT2D eigenvalue weighted by molar-refractivity contribution is 6.42. The first-order valence-electron chi connectivity index (χ1n) is 8.03. The van der Waals surface area contributed by atoms with Crippen molar-refractivity contribution in [3.8, 4) is 5.69 Å². The molecule has 1 saturated heterocycles. The fourth-order valence-electron chi connectivity index (χ4n) is 3.08. The molecule has 3 rings (SSSR count). The second-order valence-corrected chi connectivity index (χ2v) is 6.88. The third kappa shape index (κ3) is 3.74. The fourth-order valence-corrected chi connectivity index (χ4v) is 3.37. The van der Waals surface area contributed by atoms with Crippen molar-refractivity contribution < 1.29 is 4.79 Å². The van der Waals surface area contributed by atoms with Crippen molar-refractivity contribution >= 4 is 29.1 Å². The largest absolute Gasteiger partial charge is 0.337 e. The molecule has 0 bridgehead atoms. The molecule has 1 aliphatic rings. The number of carbonyl (C=O) groups excluding carboxylic acids is 1. The van der Waals surface area contributed by atoms with E-state index in [0.29, 0.717) is 21.7 Å². The molecule has 2 heterocycles. The van der Waals surface area contributed by atoms with Crippen LogP contribution in [0.25, 0.3) is 5.69 Å². The molecule has 1 amide bonds. The standard InChI is InChI=1S/C17H20Cl2N4O/c1-20-10-12-3-2-7-22(11-12)17(24)16-6-8-23(21-16)13-4-5-14(18)15(19)9-13/h4-6,8-9,12,20H,2-3,7,10-11H2,1H3. The molecule has 0 saturated carbocycles. The quantitative estimate of drug-likeness (QED) is 0.903. The predicted octanol–water partition coefficient (Wildman–Crippen LogP) is 3.25. The molecule has 1 aliphatic heterocycles. The summed E-state index contributed by atoms with van der Waals surface area (Å²) in [6, 6.07) is 7.01. The van der Waals surface area contributed by atoms with E-state index in [-0.39, 0.29) is 5.91 Å². The van der Waals surface area contributed by atoms with Gasteiger partial charge in [0.05, 0.1) is 15.7 Å². The van der Waals surface area contributed by atoms with Crippen molar-refractivity contribution in [3.63, 3.8) is 0 Å². The van der Waals surface area contributed by atoms with Gasteiger partial charge in [0.25, 0.3) is 5.91 Å². The summed E-state index contributed by atoms with van der Waals surface area (Å²) in [6.45, 7) is 2.50. The number of nitrogens with one attached hydrogen (secondary N) is 1. The van der Waals surface area contributed by atoms with Crippen LogP contribution in [0, 0.1) is 5.92 Å². The van der Waals surface area contributed by atoms with Gasteiger partial charge in [-0.15, -0.1) is 0 Å². The molecule has 7 heteroatoms. The summed E-state index contributed by atoms with van der Waals surface area (Å²) in [6.07, 6.45) is 3.95. The lowest BCUT2D eigenvalue weighted by Crippen LogP contribution is -2.42. The van der Waals surface area contributed by atoms with E-state index in [1.165, 1.54) is 0 Å². The number of halogens is 2. The third-order valence-corrected chi connectivity index (χ3v) is 5.01. The minimum atomic E-state index is -0.0189. The van der Waals surface area contributed by atoms with E-state index in [0.717, 1.165) is 38.2 Å². The number of nitrogens with zero attached hydrogens (tertiary/aromatic N) is 3. The van der Waals surface area contributed by atoms with Gasteiger partial charge >= 0.3 is 0 Å². The van der Waals surface area contributed by atoms with Gasteiger partial charge in [0.1, 0.15) is 0 Å². The number of rotatable bonds is 4. The maximum Gasteiger partial charge on any atom is 0.274 e. The van der Waals surface area contributed by atoms with E-state index in [4.69, 9.17) is 23.2 Å². The summed E-state index contributed by atoms with van der Waals surface area (Å²) in [5.41, 5.74) is 1.22. The van der Waals surface area contributed by atoms with Gasteiger partial charge in [0.2, 0.25) is 0 Å². The lowest BCUT2D eigenvalue weighted by molar-refractivity contribution is 0.0668. The van der Waals surface area contributed by atoms with Crippen LogP contribution in [0.3, 0.4) is 0 Å². The fraction of sp³-hybridized carbons (Fsp3) is 0.412. The first-order valence-corrected chi connectivity index (χ1v) is 8.79. The summed E-state index contributed by atoms with van der Waals surface area (Å²) < 4.78 is 1.64. The average molecular weight is 367 g/mol. The van der Waals surface area contributed by atoms with Crippen LogP contribution in [0.4, 0.5) is 0 Å². The molecular weight excluding hydrogens is 347 g/mol. The number of hydrogen-bond acceptors (Lipinski definition) is 3. The van der Waals surface area contributed by atoms with Crippen LogP contribution in [0.2, 0.25) is 10.0 Å². The van der Waals surface area contributed by atoms with E-state index in [9.17, 15) is 4.79 Å². The Morgan fingerprint density at radius 1 is 1.33 bits per heavy atom. The summed E-state index contributed by atoms with van der Waals surface area (Å²) in [5, 5.41) is 8.55. The third-order valence-electron chi connectivity index (χ3n) is 4.27. The molecule has 0 radical (unpaired) electrons. The first kappa shape index (κ1) is 17.3. The SMILES string of the molecule is CNCC1CCCN(C(=O)c2ccn(-c3ccc(Cl)c(Cl)c3)n2)C1. The Labute approximate surface area is 151 Å². The predicted molar refractivity (Wildman–Crippen MR) is 96.1 cm³/mol. The number of carbonyl (C=O) groups is 1. The summed E-state index contributed by atoms with van der Waals surface area (Å²) >= 11 is 12.0. The molecule has 0 spiro atoms. The molecule has 24 heavy (non-hydrogen) atoms. The topological polar surface area (TPSA) is 50.2 Å². The molecule has 1 aromatic carbocycles. The number of benzene rings is 1. The first-order chi connectivity index (χ1) is 11.6. The highest BCUT2D eigenvalue weighted by Gasteiger charge is 2.25. The van der Waals surface area contributed by atoms with Gasteiger partial charge in [0, 0.05) is 19.3 Å². The summed E-state index contributed by atoms with van der Waals surface area (Å²) in [7, 11) is 1.94. The van der Waals surface area contributed by atoms with Gasteiger partial charge in [-0.3, -0.25) is 4.79 Å². The maximum atomic E-state index is 12.7. The Kier molecular flexibility index (Phi) is 5.43. The molecule has 0 aliphatic carbocycles. The zero-order valence-corrected chi connectivity index (χ0v) is 15.0. The van der Waals surface area contributed by atoms with Gasteiger partial charge in [-0.25, -0.2) is 4.68 Å². The Hall–Kier alpha value is -1.56. The highest BCUT2D eigenvalue weighted by atomic mass is 35.5. The van der Waals surface area contributed by atoms with Crippen molar-refractivity contribution in [1.29, 1.82) is 0 Å². The Morgan fingerprint density at radius 2 is 2.17 bits per heavy atom. The number of hydrogen-bond donors (Lipinski definition) is 1. The Balaban J connectivity index is 1.74. The molecule has 1 aromatic heterocycles. The van der Waals surface area contributed by atoms with Crippen LogP contribution >= 0.6 is 23.2 Å². The van der Waals surface area contributed by atoms with Crippen molar-refractivity contribution in [1.82, 2.24) is 20.0 Å². The van der Waals surface area contributed by atoms with E-state index < -0.39 is 0 Å². The molecule has 2 aromatic rings. The lowest BCUT2D eigenvalue weighted by Gasteiger charge is -2.32. The minimum absolute atomic E-state index is 0.0189. The molecule has 1 unspecified atom stereocenters. The Morgan fingerprint density at radius 3 is 2.92 bits per heavy atom. The zero-order valence-electron chi connectivity index (χ0n) is 13.5. The monoisotopic (exact) mass is 366 g/mol. The molecular formula is C17H20Cl2N4O. The van der Waals surface area contributed by atoms with E-state index in [1.807, 2.05) is 18.0 Å². The van der Waals surface area contributed by atoms with E-state index >= 15 is 0 Å². The molecule has 1 N–H and O–H groups in total. The van der Waals surface area contributed by atoms with E-state index in [2.05, 4.69) is 10.4 Å². The lowest BCUT2D eigenvalue weighted by atomic mass is 9.98. The molecule has 1 atom stereocenters. The van der Waals surface area contributed by atoms with Crippen LogP contribution < -0.4 is 5.32 Å². The van der Waals surface area contributed by atoms with Crippen LogP contribution in [-0.2, 0) is 0 Å². The van der Waals surface area contributed by atoms with Crippen LogP contribution in [0.15, 0.2) is 30.5 Å². The van der Waals surface area contributed by atoms with Gasteiger partial charge in [-0.2, -0.15) is 5.10 Å². The van der Waals surface area contributed by atoms with Crippen LogP contribution in [-0.4, -0.2) is 47.3 Å². The van der Waals surface area contributed by atoms with E-state index in [1.54, 1.807) is 29.1 Å². The maximum absolute atomic E-state index is 12.7. The van der Waals surface area contributed by atoms with Gasteiger partial charge in [-0.05, 0) is 56.6 Å². The van der Waals surface area contributed by atoms with Crippen molar-refractivity contribution in [3.05, 3.63) is 46.2 Å². The van der Waals surface area contributed by atoms with Gasteiger partial charge in [-0.1, -0.05) is 23.2 Å².